The van der Waals surface area contributed by atoms with Gasteiger partial charge in [0.2, 0.25) is 0 Å². The summed E-state index contributed by atoms with van der Waals surface area (Å²) < 4.78 is 10.9. The summed E-state index contributed by atoms with van der Waals surface area (Å²) in [5.41, 5.74) is -0.105. The highest BCUT2D eigenvalue weighted by atomic mass is 16.5. The lowest BCUT2D eigenvalue weighted by Crippen LogP contribution is -2.16. The zero-order valence-electron chi connectivity index (χ0n) is 15.8. The Morgan fingerprint density at radius 2 is 1.78 bits per heavy atom. The highest BCUT2D eigenvalue weighted by Gasteiger charge is 2.13. The minimum Gasteiger partial charge on any atom is -0.496 e. The summed E-state index contributed by atoms with van der Waals surface area (Å²) in [5.74, 6) is 0.477. The molecule has 0 amide bonds. The quantitative estimate of drug-likeness (QED) is 0.493. The summed E-state index contributed by atoms with van der Waals surface area (Å²) in [6.45, 7) is 0.818. The van der Waals surface area contributed by atoms with Gasteiger partial charge in [0.05, 0.1) is 12.5 Å². The number of hydrogen-bond donors (Lipinski definition) is 0. The molecule has 0 atom stereocenters. The zero-order valence-corrected chi connectivity index (χ0v) is 15.8. The first-order valence-corrected chi connectivity index (χ1v) is 8.89. The van der Waals surface area contributed by atoms with Gasteiger partial charge in [-0.1, -0.05) is 36.4 Å². The molecule has 3 rings (SSSR count). The fraction of sp³-hybridized carbons (Fsp3) is 0.273. The molecule has 0 aliphatic carbocycles. The van der Waals surface area contributed by atoms with Crippen LogP contribution in [0, 0.1) is 0 Å². The molecular weight excluding hydrogens is 342 g/mol. The number of hydrogen-bond acceptors (Lipinski definition) is 5. The molecule has 27 heavy (non-hydrogen) atoms. The normalized spacial score (nSPS) is 11.1. The van der Waals surface area contributed by atoms with E-state index in [0.29, 0.717) is 34.1 Å². The van der Waals surface area contributed by atoms with Gasteiger partial charge in [0.15, 0.2) is 5.43 Å². The van der Waals surface area contributed by atoms with Crippen LogP contribution in [-0.2, 0) is 4.79 Å². The molecule has 0 N–H and O–H groups in total. The Bertz CT molecular complexity index is 1040. The minimum atomic E-state index is -0.300. The molecule has 5 heteroatoms. The topological polar surface area (TPSA) is 55.8 Å². The Morgan fingerprint density at radius 1 is 1.04 bits per heavy atom. The van der Waals surface area contributed by atoms with Crippen molar-refractivity contribution in [3.05, 3.63) is 58.8 Å². The lowest BCUT2D eigenvalue weighted by atomic mass is 10.1. The summed E-state index contributed by atoms with van der Waals surface area (Å²) in [6.07, 6.45) is 1.05. The standard InChI is InChI=1S/C22H23NO4/c1-23(2)12-6-9-20(24)27-17-13-16-11-10-15-7-4-5-8-18(15)22(25)21(16)19(14-17)26-3/h4-5,7-8,10-11,13-14H,6,9,12H2,1-3H3. The van der Waals surface area contributed by atoms with E-state index in [0.717, 1.165) is 18.4 Å². The Kier molecular flexibility index (Phi) is 5.72. The summed E-state index contributed by atoms with van der Waals surface area (Å²) in [4.78, 5) is 27.1. The second kappa shape index (κ2) is 8.18. The predicted molar refractivity (Wildman–Crippen MR) is 108 cm³/mol. The van der Waals surface area contributed by atoms with Crippen LogP contribution in [0.3, 0.4) is 0 Å². The molecule has 0 spiro atoms. The molecule has 140 valence electrons. The van der Waals surface area contributed by atoms with E-state index in [9.17, 15) is 9.59 Å². The van der Waals surface area contributed by atoms with Crippen LogP contribution in [0.5, 0.6) is 11.5 Å². The maximum absolute atomic E-state index is 13.0. The van der Waals surface area contributed by atoms with Gasteiger partial charge in [-0.05, 0) is 43.9 Å². The monoisotopic (exact) mass is 365 g/mol. The van der Waals surface area contributed by atoms with Gasteiger partial charge < -0.3 is 14.4 Å². The van der Waals surface area contributed by atoms with E-state index in [2.05, 4.69) is 0 Å². The van der Waals surface area contributed by atoms with Gasteiger partial charge in [-0.15, -0.1) is 0 Å². The fourth-order valence-corrected chi connectivity index (χ4v) is 3.09. The average Bonchev–Trinajstić information content (AvgIpc) is 2.78. The summed E-state index contributed by atoms with van der Waals surface area (Å²) >= 11 is 0. The van der Waals surface area contributed by atoms with Crippen molar-refractivity contribution in [2.75, 3.05) is 27.7 Å². The van der Waals surface area contributed by atoms with Crippen LogP contribution < -0.4 is 14.9 Å². The Labute approximate surface area is 158 Å². The van der Waals surface area contributed by atoms with Crippen molar-refractivity contribution >= 4 is 27.5 Å². The van der Waals surface area contributed by atoms with Crippen LogP contribution in [0.4, 0.5) is 0 Å². The van der Waals surface area contributed by atoms with E-state index < -0.39 is 0 Å². The Balaban J connectivity index is 2.01. The van der Waals surface area contributed by atoms with Gasteiger partial charge in [0.1, 0.15) is 11.5 Å². The van der Waals surface area contributed by atoms with Gasteiger partial charge in [-0.25, -0.2) is 0 Å². The molecule has 0 heterocycles. The third-order valence-electron chi connectivity index (χ3n) is 4.42. The third-order valence-corrected chi connectivity index (χ3v) is 4.42. The molecule has 0 unspecified atom stereocenters. The highest BCUT2D eigenvalue weighted by molar-refractivity contribution is 5.97. The molecule has 0 bridgehead atoms. The zero-order chi connectivity index (χ0) is 19.4. The number of methoxy groups -OCH3 is 1. The maximum Gasteiger partial charge on any atom is 0.311 e. The van der Waals surface area contributed by atoms with E-state index in [1.807, 2.05) is 49.3 Å². The predicted octanol–water partition coefficient (Wildman–Crippen LogP) is 3.61. The van der Waals surface area contributed by atoms with Crippen molar-refractivity contribution in [3.63, 3.8) is 0 Å². The molecule has 0 saturated heterocycles. The van der Waals surface area contributed by atoms with E-state index >= 15 is 0 Å². The lowest BCUT2D eigenvalue weighted by Gasteiger charge is -2.10. The van der Waals surface area contributed by atoms with Crippen LogP contribution in [-0.4, -0.2) is 38.6 Å². The van der Waals surface area contributed by atoms with E-state index in [4.69, 9.17) is 9.47 Å². The molecule has 5 nitrogen and oxygen atoms in total. The van der Waals surface area contributed by atoms with Crippen LogP contribution in [0.1, 0.15) is 12.8 Å². The van der Waals surface area contributed by atoms with Gasteiger partial charge >= 0.3 is 5.97 Å². The highest BCUT2D eigenvalue weighted by Crippen LogP contribution is 2.30. The number of nitrogens with zero attached hydrogens (tertiary/aromatic N) is 1. The van der Waals surface area contributed by atoms with Gasteiger partial charge in [0, 0.05) is 17.9 Å². The third kappa shape index (κ3) is 4.26. The largest absolute Gasteiger partial charge is 0.496 e. The molecule has 0 radical (unpaired) electrons. The van der Waals surface area contributed by atoms with E-state index in [-0.39, 0.29) is 11.4 Å². The Morgan fingerprint density at radius 3 is 2.52 bits per heavy atom. The smallest absolute Gasteiger partial charge is 0.311 e. The number of fused-ring (bicyclic) bond motifs is 2. The Hall–Kier alpha value is -2.92. The first kappa shape index (κ1) is 18.9. The molecule has 0 fully saturated rings. The number of ether oxygens (including phenoxy) is 2. The summed E-state index contributed by atoms with van der Waals surface area (Å²) in [7, 11) is 5.43. The maximum atomic E-state index is 13.0. The first-order chi connectivity index (χ1) is 13.0. The van der Waals surface area contributed by atoms with Crippen molar-refractivity contribution in [1.82, 2.24) is 4.90 Å². The second-order valence-corrected chi connectivity index (χ2v) is 6.72. The van der Waals surface area contributed by atoms with Crippen LogP contribution in [0.2, 0.25) is 0 Å². The van der Waals surface area contributed by atoms with Crippen molar-refractivity contribution < 1.29 is 14.3 Å². The number of benzene rings is 2. The van der Waals surface area contributed by atoms with E-state index in [1.54, 1.807) is 18.2 Å². The summed E-state index contributed by atoms with van der Waals surface area (Å²) in [6, 6.07) is 14.5. The average molecular weight is 365 g/mol. The number of esters is 1. The van der Waals surface area contributed by atoms with Crippen LogP contribution in [0.25, 0.3) is 21.5 Å². The van der Waals surface area contributed by atoms with Gasteiger partial charge in [0.25, 0.3) is 0 Å². The number of carbonyl (C=O) groups excluding carboxylic acids is 1. The van der Waals surface area contributed by atoms with Crippen LogP contribution >= 0.6 is 0 Å². The van der Waals surface area contributed by atoms with Gasteiger partial charge in [-0.2, -0.15) is 0 Å². The first-order valence-electron chi connectivity index (χ1n) is 8.89. The second-order valence-electron chi connectivity index (χ2n) is 6.72. The van der Waals surface area contributed by atoms with E-state index in [1.165, 1.54) is 7.11 Å². The van der Waals surface area contributed by atoms with Crippen molar-refractivity contribution in [2.45, 2.75) is 12.8 Å². The number of rotatable bonds is 6. The van der Waals surface area contributed by atoms with Crippen molar-refractivity contribution in [1.29, 1.82) is 0 Å². The fourth-order valence-electron chi connectivity index (χ4n) is 3.09. The lowest BCUT2D eigenvalue weighted by molar-refractivity contribution is -0.134. The summed E-state index contributed by atoms with van der Waals surface area (Å²) in [5, 5.41) is 2.62. The molecular formula is C22H23NO4. The van der Waals surface area contributed by atoms with Crippen molar-refractivity contribution in [2.24, 2.45) is 0 Å². The van der Waals surface area contributed by atoms with Crippen molar-refractivity contribution in [3.8, 4) is 11.5 Å². The minimum absolute atomic E-state index is 0.105. The molecule has 3 aromatic rings. The SMILES string of the molecule is COc1cc(OC(=O)CCCN(C)C)cc2ccc3ccccc3c(=O)c12. The molecule has 0 saturated carbocycles. The molecule has 0 aliphatic rings. The van der Waals surface area contributed by atoms with Gasteiger partial charge in [-0.3, -0.25) is 9.59 Å². The molecule has 3 aromatic carbocycles. The van der Waals surface area contributed by atoms with Crippen LogP contribution in [0.15, 0.2) is 53.3 Å². The number of carbonyl (C=O) groups is 1. The molecule has 0 aromatic heterocycles. The molecule has 0 aliphatic heterocycles.